The number of fused-ring (bicyclic) bond motifs is 3. The van der Waals surface area contributed by atoms with E-state index in [-0.39, 0.29) is 5.91 Å². The van der Waals surface area contributed by atoms with Crippen molar-refractivity contribution >= 4 is 28.0 Å². The number of benzene rings is 1. The highest BCUT2D eigenvalue weighted by Crippen LogP contribution is 2.38. The molecular formula is C23H25N5O. The van der Waals surface area contributed by atoms with E-state index in [1.807, 2.05) is 24.5 Å². The zero-order valence-electron chi connectivity index (χ0n) is 16.4. The Morgan fingerprint density at radius 3 is 2.90 bits per heavy atom. The summed E-state index contributed by atoms with van der Waals surface area (Å²) < 4.78 is 2.44. The molecule has 0 bridgehead atoms. The molecule has 1 aliphatic rings. The molecule has 29 heavy (non-hydrogen) atoms. The third-order valence-electron chi connectivity index (χ3n) is 6.02. The van der Waals surface area contributed by atoms with Crippen LogP contribution in [0.15, 0.2) is 42.7 Å². The van der Waals surface area contributed by atoms with E-state index in [9.17, 15) is 4.79 Å². The fourth-order valence-electron chi connectivity index (χ4n) is 4.62. The van der Waals surface area contributed by atoms with Crippen molar-refractivity contribution in [2.75, 3.05) is 0 Å². The van der Waals surface area contributed by atoms with Crippen LogP contribution in [0.1, 0.15) is 50.1 Å². The normalized spacial score (nSPS) is 15.3. The summed E-state index contributed by atoms with van der Waals surface area (Å²) in [6, 6.07) is 10.9. The zero-order chi connectivity index (χ0) is 19.8. The van der Waals surface area contributed by atoms with Crippen molar-refractivity contribution in [3.05, 3.63) is 48.3 Å². The van der Waals surface area contributed by atoms with E-state index < -0.39 is 0 Å². The molecule has 0 radical (unpaired) electrons. The molecule has 3 aromatic heterocycles. The van der Waals surface area contributed by atoms with Gasteiger partial charge in [-0.05, 0) is 37.0 Å². The number of nitrogens with two attached hydrogens (primary N) is 1. The lowest BCUT2D eigenvalue weighted by Gasteiger charge is -2.26. The van der Waals surface area contributed by atoms with Crippen LogP contribution in [0.2, 0.25) is 0 Å². The number of imidazole rings is 1. The molecule has 0 unspecified atom stereocenters. The van der Waals surface area contributed by atoms with Crippen LogP contribution in [0.25, 0.3) is 33.5 Å². The quantitative estimate of drug-likeness (QED) is 0.528. The predicted molar refractivity (Wildman–Crippen MR) is 114 cm³/mol. The first kappa shape index (κ1) is 17.9. The van der Waals surface area contributed by atoms with E-state index in [2.05, 4.69) is 32.7 Å². The maximum atomic E-state index is 11.2. The number of aromatic amines is 1. The molecule has 1 aliphatic carbocycles. The minimum atomic E-state index is -0.272. The van der Waals surface area contributed by atoms with E-state index in [4.69, 9.17) is 10.7 Å². The first-order valence-electron chi connectivity index (χ1n) is 10.4. The largest absolute Gasteiger partial charge is 0.370 e. The fourth-order valence-corrected chi connectivity index (χ4v) is 4.62. The average Bonchev–Trinajstić information content (AvgIpc) is 3.37. The van der Waals surface area contributed by atoms with Gasteiger partial charge in [0.2, 0.25) is 5.91 Å². The second-order valence-corrected chi connectivity index (χ2v) is 8.00. The van der Waals surface area contributed by atoms with Crippen molar-refractivity contribution in [1.82, 2.24) is 19.5 Å². The lowest BCUT2D eigenvalue weighted by atomic mass is 9.94. The number of rotatable bonds is 5. The van der Waals surface area contributed by atoms with E-state index in [0.717, 1.165) is 33.5 Å². The van der Waals surface area contributed by atoms with Crippen LogP contribution >= 0.6 is 0 Å². The van der Waals surface area contributed by atoms with Crippen LogP contribution in [0, 0.1) is 0 Å². The number of hydrogen-bond acceptors (Lipinski definition) is 3. The maximum absolute atomic E-state index is 11.2. The molecule has 0 aliphatic heterocycles. The molecule has 0 atom stereocenters. The van der Waals surface area contributed by atoms with E-state index in [0.29, 0.717) is 18.9 Å². The minimum absolute atomic E-state index is 0.272. The van der Waals surface area contributed by atoms with Gasteiger partial charge in [-0.25, -0.2) is 9.97 Å². The Bertz CT molecular complexity index is 1180. The molecule has 5 rings (SSSR count). The van der Waals surface area contributed by atoms with Crippen LogP contribution in [0.4, 0.5) is 0 Å². The molecule has 1 saturated carbocycles. The highest BCUT2D eigenvalue weighted by atomic mass is 16.1. The summed E-state index contributed by atoms with van der Waals surface area (Å²) >= 11 is 0. The summed E-state index contributed by atoms with van der Waals surface area (Å²) in [6.45, 7) is 0. The molecule has 0 saturated heterocycles. The number of H-pyrrole nitrogens is 1. The lowest BCUT2D eigenvalue weighted by Crippen LogP contribution is -2.14. The standard InChI is InChI=1S/C23H25N5O/c24-20(29)10-9-15-5-4-6-16(13-15)23-27-19-14-26-22-18(11-12-25-22)21(19)28(23)17-7-2-1-3-8-17/h4-6,11-14,17H,1-3,7-10H2,(H2,24,29)(H,25,26). The second kappa shape index (κ2) is 7.35. The summed E-state index contributed by atoms with van der Waals surface area (Å²) in [5.41, 5.74) is 10.5. The number of primary amides is 1. The highest BCUT2D eigenvalue weighted by Gasteiger charge is 2.24. The summed E-state index contributed by atoms with van der Waals surface area (Å²) in [6.07, 6.45) is 11.0. The Balaban J connectivity index is 1.69. The molecule has 1 aromatic carbocycles. The number of nitrogens with zero attached hydrogens (tertiary/aromatic N) is 3. The summed E-state index contributed by atoms with van der Waals surface area (Å²) in [4.78, 5) is 24.0. The molecule has 6 nitrogen and oxygen atoms in total. The second-order valence-electron chi connectivity index (χ2n) is 8.00. The van der Waals surface area contributed by atoms with Gasteiger partial charge in [0.25, 0.3) is 0 Å². The Kier molecular flexibility index (Phi) is 4.54. The average molecular weight is 387 g/mol. The van der Waals surface area contributed by atoms with Gasteiger partial charge in [-0.15, -0.1) is 0 Å². The Morgan fingerprint density at radius 1 is 1.21 bits per heavy atom. The Morgan fingerprint density at radius 2 is 2.07 bits per heavy atom. The van der Waals surface area contributed by atoms with Crippen molar-refractivity contribution in [3.63, 3.8) is 0 Å². The van der Waals surface area contributed by atoms with Crippen LogP contribution < -0.4 is 5.73 Å². The monoisotopic (exact) mass is 387 g/mol. The van der Waals surface area contributed by atoms with Crippen molar-refractivity contribution in [3.8, 4) is 11.4 Å². The Labute approximate surface area is 169 Å². The molecule has 3 N–H and O–H groups in total. The van der Waals surface area contributed by atoms with Gasteiger partial charge in [0.05, 0.1) is 11.7 Å². The summed E-state index contributed by atoms with van der Waals surface area (Å²) in [5.74, 6) is 0.717. The first-order chi connectivity index (χ1) is 14.2. The van der Waals surface area contributed by atoms with Gasteiger partial charge < -0.3 is 15.3 Å². The van der Waals surface area contributed by atoms with Gasteiger partial charge in [0.1, 0.15) is 17.0 Å². The molecule has 6 heteroatoms. The number of nitrogens with one attached hydrogen (secondary N) is 1. The van der Waals surface area contributed by atoms with Crippen LogP contribution in [-0.4, -0.2) is 25.4 Å². The first-order valence-corrected chi connectivity index (χ1v) is 10.4. The van der Waals surface area contributed by atoms with E-state index in [1.165, 1.54) is 37.6 Å². The van der Waals surface area contributed by atoms with Crippen LogP contribution in [0.5, 0.6) is 0 Å². The fraction of sp³-hybridized carbons (Fsp3) is 0.348. The van der Waals surface area contributed by atoms with E-state index in [1.54, 1.807) is 0 Å². The summed E-state index contributed by atoms with van der Waals surface area (Å²) in [5, 5.41) is 1.12. The molecule has 4 aromatic rings. The van der Waals surface area contributed by atoms with E-state index >= 15 is 0 Å². The maximum Gasteiger partial charge on any atom is 0.217 e. The zero-order valence-corrected chi connectivity index (χ0v) is 16.4. The molecule has 0 spiro atoms. The molecule has 1 amide bonds. The van der Waals surface area contributed by atoms with Crippen molar-refractivity contribution in [2.45, 2.75) is 51.0 Å². The van der Waals surface area contributed by atoms with Gasteiger partial charge in [-0.3, -0.25) is 4.79 Å². The molecule has 148 valence electrons. The Hall–Kier alpha value is -3.15. The number of carbonyl (C=O) groups is 1. The lowest BCUT2D eigenvalue weighted by molar-refractivity contribution is -0.117. The van der Waals surface area contributed by atoms with Crippen molar-refractivity contribution in [2.24, 2.45) is 5.73 Å². The van der Waals surface area contributed by atoms with Crippen LogP contribution in [0.3, 0.4) is 0 Å². The number of pyridine rings is 1. The van der Waals surface area contributed by atoms with Gasteiger partial charge >= 0.3 is 0 Å². The van der Waals surface area contributed by atoms with Crippen LogP contribution in [-0.2, 0) is 11.2 Å². The number of aromatic nitrogens is 4. The van der Waals surface area contributed by atoms with Gasteiger partial charge in [-0.2, -0.15) is 0 Å². The minimum Gasteiger partial charge on any atom is -0.370 e. The SMILES string of the molecule is NC(=O)CCc1cccc(-c2nc3cnc4[nH]ccc4c3n2C2CCCCC2)c1. The third-order valence-corrected chi connectivity index (χ3v) is 6.02. The molecule has 3 heterocycles. The molecule has 1 fully saturated rings. The number of hydrogen-bond donors (Lipinski definition) is 2. The third kappa shape index (κ3) is 3.28. The number of amides is 1. The van der Waals surface area contributed by atoms with Crippen molar-refractivity contribution < 1.29 is 4.79 Å². The molecular weight excluding hydrogens is 362 g/mol. The van der Waals surface area contributed by atoms with Crippen molar-refractivity contribution in [1.29, 1.82) is 0 Å². The van der Waals surface area contributed by atoms with Gasteiger partial charge in [0, 0.05) is 29.6 Å². The topological polar surface area (TPSA) is 89.6 Å². The van der Waals surface area contributed by atoms with Gasteiger partial charge in [-0.1, -0.05) is 37.5 Å². The summed E-state index contributed by atoms with van der Waals surface area (Å²) in [7, 11) is 0. The van der Waals surface area contributed by atoms with Gasteiger partial charge in [0.15, 0.2) is 0 Å². The number of carbonyl (C=O) groups excluding carboxylic acids is 1. The highest BCUT2D eigenvalue weighted by molar-refractivity contribution is 6.02. The number of aryl methyl sites for hydroxylation is 1. The smallest absolute Gasteiger partial charge is 0.217 e. The predicted octanol–water partition coefficient (Wildman–Crippen LogP) is 4.50.